The van der Waals surface area contributed by atoms with Crippen molar-refractivity contribution < 1.29 is 9.53 Å². The van der Waals surface area contributed by atoms with Crippen molar-refractivity contribution in [1.29, 1.82) is 0 Å². The third-order valence-electron chi connectivity index (χ3n) is 1.88. The van der Waals surface area contributed by atoms with Gasteiger partial charge in [-0.25, -0.2) is 0 Å². The van der Waals surface area contributed by atoms with Gasteiger partial charge in [0, 0.05) is 5.56 Å². The van der Waals surface area contributed by atoms with Crippen LogP contribution in [0.5, 0.6) is 5.75 Å². The van der Waals surface area contributed by atoms with Crippen molar-refractivity contribution in [3.8, 4) is 5.75 Å². The summed E-state index contributed by atoms with van der Waals surface area (Å²) in [5.74, 6) is 0.635. The third-order valence-corrected chi connectivity index (χ3v) is 2.67. The Morgan fingerprint density at radius 2 is 2.21 bits per heavy atom. The summed E-state index contributed by atoms with van der Waals surface area (Å²) >= 11 is 9.06. The third kappa shape index (κ3) is 2.28. The van der Waals surface area contributed by atoms with Gasteiger partial charge in [0.05, 0.1) is 17.5 Å². The number of ether oxygens (including phenoxy) is 1. The molecule has 0 aliphatic rings. The molecule has 0 aliphatic carbocycles. The Bertz CT molecular complexity index is 340. The fraction of sp³-hybridized carbons (Fsp3) is 0.300. The molecule has 0 heterocycles. The number of halogens is 2. The standard InChI is InChI=1S/C10H10BrClO2/c1-6-3-7(9(13)5-11)4-8(12)10(6)14-2/h3-4H,5H2,1-2H3. The molecule has 1 aromatic carbocycles. The molecule has 0 N–H and O–H groups in total. The van der Waals surface area contributed by atoms with Gasteiger partial charge in [-0.15, -0.1) is 0 Å². The topological polar surface area (TPSA) is 26.3 Å². The number of ketones is 1. The van der Waals surface area contributed by atoms with Gasteiger partial charge in [-0.1, -0.05) is 27.5 Å². The van der Waals surface area contributed by atoms with Crippen LogP contribution in [0.4, 0.5) is 0 Å². The molecule has 0 spiro atoms. The van der Waals surface area contributed by atoms with Crippen LogP contribution in [-0.4, -0.2) is 18.2 Å². The van der Waals surface area contributed by atoms with E-state index in [0.717, 1.165) is 5.56 Å². The number of rotatable bonds is 3. The molecule has 0 aliphatic heterocycles. The zero-order valence-corrected chi connectivity index (χ0v) is 10.3. The van der Waals surface area contributed by atoms with Crippen LogP contribution in [0.2, 0.25) is 5.02 Å². The summed E-state index contributed by atoms with van der Waals surface area (Å²) < 4.78 is 5.09. The van der Waals surface area contributed by atoms with Crippen LogP contribution in [0.15, 0.2) is 12.1 Å². The van der Waals surface area contributed by atoms with E-state index in [0.29, 0.717) is 21.7 Å². The first kappa shape index (κ1) is 11.5. The Morgan fingerprint density at radius 1 is 1.57 bits per heavy atom. The number of benzene rings is 1. The molecule has 0 aromatic heterocycles. The molecule has 0 amide bonds. The molecular formula is C10H10BrClO2. The summed E-state index contributed by atoms with van der Waals surface area (Å²) in [7, 11) is 1.56. The van der Waals surface area contributed by atoms with Crippen LogP contribution < -0.4 is 4.74 Å². The maximum Gasteiger partial charge on any atom is 0.173 e. The lowest BCUT2D eigenvalue weighted by Gasteiger charge is -2.08. The van der Waals surface area contributed by atoms with Crippen LogP contribution in [0.1, 0.15) is 15.9 Å². The van der Waals surface area contributed by atoms with Gasteiger partial charge in [0.2, 0.25) is 0 Å². The van der Waals surface area contributed by atoms with Gasteiger partial charge in [0.15, 0.2) is 5.78 Å². The molecule has 1 aromatic rings. The molecule has 0 fully saturated rings. The smallest absolute Gasteiger partial charge is 0.173 e. The molecule has 0 saturated carbocycles. The molecule has 1 rings (SSSR count). The van der Waals surface area contributed by atoms with E-state index >= 15 is 0 Å². The van der Waals surface area contributed by atoms with Gasteiger partial charge in [0.25, 0.3) is 0 Å². The van der Waals surface area contributed by atoms with E-state index < -0.39 is 0 Å². The van der Waals surface area contributed by atoms with E-state index in [2.05, 4.69) is 15.9 Å². The molecule has 0 unspecified atom stereocenters. The number of aryl methyl sites for hydroxylation is 1. The number of methoxy groups -OCH3 is 1. The largest absolute Gasteiger partial charge is 0.495 e. The number of hydrogen-bond acceptors (Lipinski definition) is 2. The minimum atomic E-state index is 0.0117. The summed E-state index contributed by atoms with van der Waals surface area (Å²) in [5.41, 5.74) is 1.47. The van der Waals surface area contributed by atoms with Gasteiger partial charge in [-0.2, -0.15) is 0 Å². The van der Waals surface area contributed by atoms with E-state index in [4.69, 9.17) is 16.3 Å². The molecule has 76 valence electrons. The second-order valence-electron chi connectivity index (χ2n) is 2.87. The Balaban J connectivity index is 3.20. The number of hydrogen-bond donors (Lipinski definition) is 0. The predicted octanol–water partition coefficient (Wildman–Crippen LogP) is 3.23. The van der Waals surface area contributed by atoms with Crippen molar-refractivity contribution in [2.24, 2.45) is 0 Å². The van der Waals surface area contributed by atoms with Crippen LogP contribution >= 0.6 is 27.5 Å². The lowest BCUT2D eigenvalue weighted by molar-refractivity contribution is 0.102. The van der Waals surface area contributed by atoms with Crippen LogP contribution in [0.25, 0.3) is 0 Å². The number of Topliss-reactive ketones (excluding diaryl/α,β-unsaturated/α-hetero) is 1. The fourth-order valence-electron chi connectivity index (χ4n) is 1.23. The molecule has 0 radical (unpaired) electrons. The van der Waals surface area contributed by atoms with Crippen molar-refractivity contribution >= 4 is 33.3 Å². The van der Waals surface area contributed by atoms with Crippen LogP contribution in [-0.2, 0) is 0 Å². The maximum atomic E-state index is 11.4. The summed E-state index contributed by atoms with van der Waals surface area (Å²) in [6.45, 7) is 1.86. The number of carbonyl (C=O) groups is 1. The first-order valence-corrected chi connectivity index (χ1v) is 5.53. The zero-order chi connectivity index (χ0) is 10.7. The van der Waals surface area contributed by atoms with Crippen molar-refractivity contribution in [3.63, 3.8) is 0 Å². The summed E-state index contributed by atoms with van der Waals surface area (Å²) in [6, 6.07) is 3.39. The first-order chi connectivity index (χ1) is 6.60. The van der Waals surface area contributed by atoms with Crippen molar-refractivity contribution in [3.05, 3.63) is 28.3 Å². The average molecular weight is 278 g/mol. The van der Waals surface area contributed by atoms with E-state index in [1.54, 1.807) is 19.2 Å². The average Bonchev–Trinajstić information content (AvgIpc) is 2.16. The van der Waals surface area contributed by atoms with Gasteiger partial charge in [-0.05, 0) is 24.6 Å². The highest BCUT2D eigenvalue weighted by atomic mass is 79.9. The van der Waals surface area contributed by atoms with Gasteiger partial charge < -0.3 is 4.74 Å². The fourth-order valence-corrected chi connectivity index (χ4v) is 1.90. The summed E-state index contributed by atoms with van der Waals surface area (Å²) in [6.07, 6.45) is 0. The molecule has 2 nitrogen and oxygen atoms in total. The van der Waals surface area contributed by atoms with E-state index in [1.807, 2.05) is 6.92 Å². The molecule has 0 atom stereocenters. The van der Waals surface area contributed by atoms with Crippen molar-refractivity contribution in [1.82, 2.24) is 0 Å². The minimum Gasteiger partial charge on any atom is -0.495 e. The summed E-state index contributed by atoms with van der Waals surface area (Å²) in [5, 5.41) is 0.770. The van der Waals surface area contributed by atoms with E-state index in [1.165, 1.54) is 0 Å². The normalized spacial score (nSPS) is 10.0. The van der Waals surface area contributed by atoms with E-state index in [9.17, 15) is 4.79 Å². The predicted molar refractivity (Wildman–Crippen MR) is 60.9 cm³/mol. The molecule has 4 heteroatoms. The second-order valence-corrected chi connectivity index (χ2v) is 3.83. The van der Waals surface area contributed by atoms with Gasteiger partial charge in [-0.3, -0.25) is 4.79 Å². The lowest BCUT2D eigenvalue weighted by atomic mass is 10.1. The van der Waals surface area contributed by atoms with Gasteiger partial charge in [0.1, 0.15) is 5.75 Å². The highest BCUT2D eigenvalue weighted by Crippen LogP contribution is 2.29. The molecular weight excluding hydrogens is 267 g/mol. The number of carbonyl (C=O) groups excluding carboxylic acids is 1. The first-order valence-electron chi connectivity index (χ1n) is 4.03. The lowest BCUT2D eigenvalue weighted by Crippen LogP contribution is -2.01. The SMILES string of the molecule is COc1c(C)cc(C(=O)CBr)cc1Cl. The number of alkyl halides is 1. The molecule has 0 bridgehead atoms. The molecule has 14 heavy (non-hydrogen) atoms. The maximum absolute atomic E-state index is 11.4. The Morgan fingerprint density at radius 3 is 2.64 bits per heavy atom. The highest BCUT2D eigenvalue weighted by molar-refractivity contribution is 9.09. The van der Waals surface area contributed by atoms with Crippen LogP contribution in [0, 0.1) is 6.92 Å². The Kier molecular flexibility index (Phi) is 3.96. The van der Waals surface area contributed by atoms with E-state index in [-0.39, 0.29) is 5.78 Å². The monoisotopic (exact) mass is 276 g/mol. The Labute approximate surface area is 96.3 Å². The van der Waals surface area contributed by atoms with Gasteiger partial charge >= 0.3 is 0 Å². The summed E-state index contributed by atoms with van der Waals surface area (Å²) in [4.78, 5) is 11.4. The molecule has 0 saturated heterocycles. The van der Waals surface area contributed by atoms with Crippen molar-refractivity contribution in [2.45, 2.75) is 6.92 Å². The second kappa shape index (κ2) is 4.80. The zero-order valence-electron chi connectivity index (χ0n) is 7.93. The van der Waals surface area contributed by atoms with Crippen molar-refractivity contribution in [2.75, 3.05) is 12.4 Å². The Hall–Kier alpha value is -0.540. The quantitative estimate of drug-likeness (QED) is 0.626. The minimum absolute atomic E-state index is 0.0117. The highest BCUT2D eigenvalue weighted by Gasteiger charge is 2.10. The van der Waals surface area contributed by atoms with Crippen LogP contribution in [0.3, 0.4) is 0 Å².